The fourth-order valence-electron chi connectivity index (χ4n) is 0.684. The van der Waals surface area contributed by atoms with Crippen molar-refractivity contribution >= 4 is 18.4 Å². The summed E-state index contributed by atoms with van der Waals surface area (Å²) in [5.41, 5.74) is 5.73. The topological polar surface area (TPSA) is 76.5 Å². The SMILES string of the molecule is Cl.NCc1ccoc1C(=O)O. The highest BCUT2D eigenvalue weighted by Gasteiger charge is 2.11. The largest absolute Gasteiger partial charge is 0.475 e. The summed E-state index contributed by atoms with van der Waals surface area (Å²) in [5.74, 6) is -1.15. The molecule has 11 heavy (non-hydrogen) atoms. The molecule has 62 valence electrons. The minimum atomic E-state index is -1.08. The van der Waals surface area contributed by atoms with Gasteiger partial charge in [0.2, 0.25) is 5.76 Å². The number of carboxylic acid groups (broad SMARTS) is 1. The Labute approximate surface area is 69.4 Å². The van der Waals surface area contributed by atoms with Gasteiger partial charge in [-0.2, -0.15) is 0 Å². The van der Waals surface area contributed by atoms with Gasteiger partial charge in [-0.3, -0.25) is 0 Å². The first-order chi connectivity index (χ1) is 4.75. The Morgan fingerprint density at radius 2 is 2.36 bits per heavy atom. The molecule has 0 aliphatic heterocycles. The van der Waals surface area contributed by atoms with Crippen LogP contribution in [0.5, 0.6) is 0 Å². The standard InChI is InChI=1S/C6H7NO3.ClH/c7-3-4-1-2-10-5(4)6(8)9;/h1-2H,3,7H2,(H,8,9);1H. The van der Waals surface area contributed by atoms with Crippen LogP contribution >= 0.6 is 12.4 Å². The van der Waals surface area contributed by atoms with Crippen molar-refractivity contribution in [2.24, 2.45) is 5.73 Å². The molecule has 0 atom stereocenters. The van der Waals surface area contributed by atoms with Crippen molar-refractivity contribution in [2.45, 2.75) is 6.54 Å². The van der Waals surface area contributed by atoms with Crippen LogP contribution < -0.4 is 5.73 Å². The predicted octanol–water partition coefficient (Wildman–Crippen LogP) is 0.858. The summed E-state index contributed by atoms with van der Waals surface area (Å²) in [5, 5.41) is 8.44. The monoisotopic (exact) mass is 177 g/mol. The second kappa shape index (κ2) is 4.00. The Bertz CT molecular complexity index is 246. The van der Waals surface area contributed by atoms with E-state index in [2.05, 4.69) is 4.42 Å². The maximum absolute atomic E-state index is 10.3. The number of furan rings is 1. The summed E-state index contributed by atoms with van der Waals surface area (Å²) in [4.78, 5) is 10.3. The number of halogens is 1. The minimum absolute atomic E-state index is 0. The van der Waals surface area contributed by atoms with E-state index < -0.39 is 5.97 Å². The molecule has 0 aliphatic rings. The van der Waals surface area contributed by atoms with Gasteiger partial charge < -0.3 is 15.3 Å². The molecule has 0 aromatic carbocycles. The number of carboxylic acids is 1. The van der Waals surface area contributed by atoms with E-state index in [-0.39, 0.29) is 24.7 Å². The molecule has 0 spiro atoms. The highest BCUT2D eigenvalue weighted by atomic mass is 35.5. The zero-order valence-corrected chi connectivity index (χ0v) is 6.43. The summed E-state index contributed by atoms with van der Waals surface area (Å²) in [7, 11) is 0. The Hall–Kier alpha value is -1.00. The first kappa shape index (κ1) is 10.0. The molecular weight excluding hydrogens is 170 g/mol. The molecule has 1 aromatic rings. The number of nitrogens with two attached hydrogens (primary N) is 1. The quantitative estimate of drug-likeness (QED) is 0.703. The third-order valence-corrected chi connectivity index (χ3v) is 1.16. The van der Waals surface area contributed by atoms with Crippen molar-refractivity contribution in [2.75, 3.05) is 0 Å². The van der Waals surface area contributed by atoms with Crippen LogP contribution in [0, 0.1) is 0 Å². The van der Waals surface area contributed by atoms with Gasteiger partial charge in [0.15, 0.2) is 0 Å². The van der Waals surface area contributed by atoms with Crippen molar-refractivity contribution in [1.29, 1.82) is 0 Å². The molecular formula is C6H8ClNO3. The molecule has 0 unspecified atom stereocenters. The molecule has 0 bridgehead atoms. The van der Waals surface area contributed by atoms with Crippen LogP contribution in [0.3, 0.4) is 0 Å². The van der Waals surface area contributed by atoms with E-state index in [0.29, 0.717) is 5.56 Å². The highest BCUT2D eigenvalue weighted by molar-refractivity contribution is 5.86. The van der Waals surface area contributed by atoms with E-state index in [1.807, 2.05) is 0 Å². The van der Waals surface area contributed by atoms with Gasteiger partial charge in [0.05, 0.1) is 6.26 Å². The Morgan fingerprint density at radius 3 is 2.73 bits per heavy atom. The van der Waals surface area contributed by atoms with E-state index in [1.54, 1.807) is 6.07 Å². The molecule has 0 amide bonds. The van der Waals surface area contributed by atoms with Gasteiger partial charge in [-0.15, -0.1) is 12.4 Å². The van der Waals surface area contributed by atoms with Crippen molar-refractivity contribution < 1.29 is 14.3 Å². The summed E-state index contributed by atoms with van der Waals surface area (Å²) in [6.45, 7) is 0.193. The zero-order valence-electron chi connectivity index (χ0n) is 5.61. The second-order valence-corrected chi connectivity index (χ2v) is 1.78. The first-order valence-corrected chi connectivity index (χ1v) is 2.75. The molecule has 1 heterocycles. The number of rotatable bonds is 2. The van der Waals surface area contributed by atoms with E-state index >= 15 is 0 Å². The van der Waals surface area contributed by atoms with Crippen molar-refractivity contribution in [1.82, 2.24) is 0 Å². The maximum Gasteiger partial charge on any atom is 0.372 e. The van der Waals surface area contributed by atoms with Gasteiger partial charge in [0.1, 0.15) is 0 Å². The molecule has 0 saturated carbocycles. The average Bonchev–Trinajstić information content (AvgIpc) is 2.33. The van der Waals surface area contributed by atoms with Crippen LogP contribution in [0.4, 0.5) is 0 Å². The lowest BCUT2D eigenvalue weighted by atomic mass is 10.2. The van der Waals surface area contributed by atoms with E-state index in [9.17, 15) is 4.79 Å². The molecule has 5 heteroatoms. The van der Waals surface area contributed by atoms with Gasteiger partial charge in [-0.05, 0) is 6.07 Å². The molecule has 0 saturated heterocycles. The van der Waals surface area contributed by atoms with Gasteiger partial charge in [-0.25, -0.2) is 4.79 Å². The molecule has 0 radical (unpaired) electrons. The molecule has 0 fully saturated rings. The van der Waals surface area contributed by atoms with Crippen LogP contribution in [-0.2, 0) is 6.54 Å². The lowest BCUT2D eigenvalue weighted by Gasteiger charge is -1.90. The minimum Gasteiger partial charge on any atom is -0.475 e. The average molecular weight is 178 g/mol. The summed E-state index contributed by atoms with van der Waals surface area (Å²) in [6.07, 6.45) is 1.31. The van der Waals surface area contributed by atoms with Crippen LogP contribution in [0.2, 0.25) is 0 Å². The third kappa shape index (κ3) is 1.96. The number of aromatic carboxylic acids is 1. The maximum atomic E-state index is 10.3. The second-order valence-electron chi connectivity index (χ2n) is 1.78. The summed E-state index contributed by atoms with van der Waals surface area (Å²) < 4.78 is 4.64. The summed E-state index contributed by atoms with van der Waals surface area (Å²) in [6, 6.07) is 1.55. The predicted molar refractivity (Wildman–Crippen MR) is 40.8 cm³/mol. The normalized spacial score (nSPS) is 8.82. The molecule has 3 N–H and O–H groups in total. The fourth-order valence-corrected chi connectivity index (χ4v) is 0.684. The lowest BCUT2D eigenvalue weighted by molar-refractivity contribution is 0.0661. The molecule has 4 nitrogen and oxygen atoms in total. The van der Waals surface area contributed by atoms with E-state index in [1.165, 1.54) is 6.26 Å². The Kier molecular flexibility index (Phi) is 3.64. The number of carbonyl (C=O) groups is 1. The van der Waals surface area contributed by atoms with Gasteiger partial charge in [-0.1, -0.05) is 0 Å². The smallest absolute Gasteiger partial charge is 0.372 e. The highest BCUT2D eigenvalue weighted by Crippen LogP contribution is 2.08. The molecule has 1 rings (SSSR count). The van der Waals surface area contributed by atoms with Crippen molar-refractivity contribution in [3.63, 3.8) is 0 Å². The number of hydrogen-bond donors (Lipinski definition) is 2. The number of hydrogen-bond acceptors (Lipinski definition) is 3. The van der Waals surface area contributed by atoms with Crippen LogP contribution in [0.25, 0.3) is 0 Å². The van der Waals surface area contributed by atoms with E-state index in [4.69, 9.17) is 10.8 Å². The van der Waals surface area contributed by atoms with Crippen molar-refractivity contribution in [3.05, 3.63) is 23.7 Å². The van der Waals surface area contributed by atoms with E-state index in [0.717, 1.165) is 0 Å². The van der Waals surface area contributed by atoms with Crippen LogP contribution in [-0.4, -0.2) is 11.1 Å². The molecule has 1 aromatic heterocycles. The Balaban J connectivity index is 0.000001000. The summed E-state index contributed by atoms with van der Waals surface area (Å²) >= 11 is 0. The zero-order chi connectivity index (χ0) is 7.56. The fraction of sp³-hybridized carbons (Fsp3) is 0.167. The Morgan fingerprint density at radius 1 is 1.73 bits per heavy atom. The van der Waals surface area contributed by atoms with Crippen molar-refractivity contribution in [3.8, 4) is 0 Å². The van der Waals surface area contributed by atoms with Gasteiger partial charge in [0.25, 0.3) is 0 Å². The van der Waals surface area contributed by atoms with Crippen LogP contribution in [0.1, 0.15) is 16.1 Å². The molecule has 0 aliphatic carbocycles. The van der Waals surface area contributed by atoms with Gasteiger partial charge >= 0.3 is 5.97 Å². The third-order valence-electron chi connectivity index (χ3n) is 1.16. The lowest BCUT2D eigenvalue weighted by Crippen LogP contribution is -2.03. The van der Waals surface area contributed by atoms with Crippen LogP contribution in [0.15, 0.2) is 16.7 Å². The van der Waals surface area contributed by atoms with Gasteiger partial charge in [0, 0.05) is 12.1 Å². The first-order valence-electron chi connectivity index (χ1n) is 2.75.